The van der Waals surface area contributed by atoms with Crippen molar-refractivity contribution in [1.29, 1.82) is 0 Å². The molecule has 0 saturated heterocycles. The van der Waals surface area contributed by atoms with Crippen LogP contribution in [-0.2, 0) is 0 Å². The second kappa shape index (κ2) is 5.52. The zero-order valence-corrected chi connectivity index (χ0v) is 11.4. The van der Waals surface area contributed by atoms with E-state index in [1.165, 1.54) is 10.4 Å². The Morgan fingerprint density at radius 1 is 1.29 bits per heavy atom. The van der Waals surface area contributed by atoms with Crippen LogP contribution in [0.15, 0.2) is 28.0 Å². The number of furan rings is 1. The van der Waals surface area contributed by atoms with E-state index in [1.54, 1.807) is 11.3 Å². The summed E-state index contributed by atoms with van der Waals surface area (Å²) in [6.45, 7) is 7.32. The molecule has 0 amide bonds. The first-order valence-corrected chi connectivity index (χ1v) is 6.94. The maximum Gasteiger partial charge on any atom is 0.126 e. The lowest BCUT2D eigenvalue weighted by Gasteiger charge is -2.16. The number of thiophene rings is 1. The third-order valence-electron chi connectivity index (χ3n) is 2.81. The molecule has 0 radical (unpaired) electrons. The lowest BCUT2D eigenvalue weighted by Crippen LogP contribution is -2.22. The Balaban J connectivity index is 2.28. The van der Waals surface area contributed by atoms with Crippen LogP contribution in [-0.4, -0.2) is 6.54 Å². The molecule has 0 spiro atoms. The summed E-state index contributed by atoms with van der Waals surface area (Å²) in [6.07, 6.45) is 1.13. The van der Waals surface area contributed by atoms with Gasteiger partial charge in [0.05, 0.1) is 0 Å². The summed E-state index contributed by atoms with van der Waals surface area (Å²) in [5.41, 5.74) is 1.33. The first-order valence-electron chi connectivity index (χ1n) is 6.06. The number of hydrogen-bond donors (Lipinski definition) is 1. The molecule has 0 aliphatic carbocycles. The predicted octanol–water partition coefficient (Wildman–Crippen LogP) is 4.05. The molecular weight excluding hydrogens is 230 g/mol. The molecule has 3 heteroatoms. The molecule has 2 heterocycles. The van der Waals surface area contributed by atoms with Crippen molar-refractivity contribution >= 4 is 11.3 Å². The van der Waals surface area contributed by atoms with Gasteiger partial charge in [0.1, 0.15) is 17.6 Å². The maximum absolute atomic E-state index is 5.77. The molecule has 2 nitrogen and oxygen atoms in total. The minimum atomic E-state index is 0.198. The normalized spacial score (nSPS) is 12.9. The van der Waals surface area contributed by atoms with E-state index in [4.69, 9.17) is 4.42 Å². The van der Waals surface area contributed by atoms with Gasteiger partial charge >= 0.3 is 0 Å². The van der Waals surface area contributed by atoms with Gasteiger partial charge in [0, 0.05) is 4.88 Å². The van der Waals surface area contributed by atoms with E-state index in [0.717, 1.165) is 24.5 Å². The monoisotopic (exact) mass is 249 g/mol. The average Bonchev–Trinajstić information content (AvgIpc) is 2.90. The third kappa shape index (κ3) is 2.79. The minimum absolute atomic E-state index is 0.198. The fourth-order valence-electron chi connectivity index (χ4n) is 1.90. The molecule has 0 bridgehead atoms. The molecule has 0 saturated carbocycles. The first kappa shape index (κ1) is 12.4. The summed E-state index contributed by atoms with van der Waals surface area (Å²) in [5, 5.41) is 5.70. The van der Waals surface area contributed by atoms with Crippen molar-refractivity contribution in [3.63, 3.8) is 0 Å². The summed E-state index contributed by atoms with van der Waals surface area (Å²) in [5.74, 6) is 1.99. The smallest absolute Gasteiger partial charge is 0.126 e. The van der Waals surface area contributed by atoms with Crippen LogP contribution in [0.25, 0.3) is 0 Å². The third-order valence-corrected chi connectivity index (χ3v) is 3.89. The SMILES string of the molecule is CCCNC(c1ccc(C)o1)c1sccc1C. The molecule has 1 N–H and O–H groups in total. The van der Waals surface area contributed by atoms with Crippen LogP contribution in [0.2, 0.25) is 0 Å². The Morgan fingerprint density at radius 3 is 2.65 bits per heavy atom. The zero-order chi connectivity index (χ0) is 12.3. The quantitative estimate of drug-likeness (QED) is 0.865. The molecule has 0 aromatic carbocycles. The van der Waals surface area contributed by atoms with E-state index in [-0.39, 0.29) is 6.04 Å². The number of aryl methyl sites for hydroxylation is 2. The van der Waals surface area contributed by atoms with Crippen molar-refractivity contribution in [2.24, 2.45) is 0 Å². The first-order chi connectivity index (χ1) is 8.22. The molecule has 2 aromatic heterocycles. The Hall–Kier alpha value is -1.06. The molecule has 0 fully saturated rings. The van der Waals surface area contributed by atoms with E-state index in [1.807, 2.05) is 13.0 Å². The Labute approximate surface area is 107 Å². The number of nitrogens with one attached hydrogen (secondary N) is 1. The fraction of sp³-hybridized carbons (Fsp3) is 0.429. The highest BCUT2D eigenvalue weighted by atomic mass is 32.1. The standard InChI is InChI=1S/C14H19NOS/c1-4-8-15-13(12-6-5-11(3)16-12)14-10(2)7-9-17-14/h5-7,9,13,15H,4,8H2,1-3H3. The predicted molar refractivity (Wildman–Crippen MR) is 72.6 cm³/mol. The van der Waals surface area contributed by atoms with Crippen LogP contribution in [0.4, 0.5) is 0 Å². The fourth-order valence-corrected chi connectivity index (χ4v) is 2.91. The van der Waals surface area contributed by atoms with Gasteiger partial charge < -0.3 is 9.73 Å². The Bertz CT molecular complexity index is 472. The highest BCUT2D eigenvalue weighted by Crippen LogP contribution is 2.30. The van der Waals surface area contributed by atoms with Crippen molar-refractivity contribution in [3.8, 4) is 0 Å². The number of hydrogen-bond acceptors (Lipinski definition) is 3. The molecule has 17 heavy (non-hydrogen) atoms. The van der Waals surface area contributed by atoms with Crippen molar-refractivity contribution in [2.45, 2.75) is 33.2 Å². The molecule has 1 atom stereocenters. The van der Waals surface area contributed by atoms with Gasteiger partial charge in [-0.05, 0) is 56.0 Å². The van der Waals surface area contributed by atoms with Gasteiger partial charge in [-0.1, -0.05) is 6.92 Å². The largest absolute Gasteiger partial charge is 0.464 e. The van der Waals surface area contributed by atoms with Crippen LogP contribution in [0.3, 0.4) is 0 Å². The molecule has 2 aromatic rings. The molecular formula is C14H19NOS. The van der Waals surface area contributed by atoms with Gasteiger partial charge in [-0.15, -0.1) is 11.3 Å². The van der Waals surface area contributed by atoms with Gasteiger partial charge in [0.25, 0.3) is 0 Å². The lowest BCUT2D eigenvalue weighted by molar-refractivity contribution is 0.432. The van der Waals surface area contributed by atoms with E-state index in [0.29, 0.717) is 0 Å². The zero-order valence-electron chi connectivity index (χ0n) is 10.6. The second-order valence-corrected chi connectivity index (χ2v) is 5.25. The van der Waals surface area contributed by atoms with E-state index >= 15 is 0 Å². The van der Waals surface area contributed by atoms with Crippen LogP contribution < -0.4 is 5.32 Å². The van der Waals surface area contributed by atoms with E-state index in [2.05, 4.69) is 36.7 Å². The minimum Gasteiger partial charge on any atom is -0.464 e. The van der Waals surface area contributed by atoms with Gasteiger partial charge in [0.2, 0.25) is 0 Å². The van der Waals surface area contributed by atoms with Crippen LogP contribution in [0.1, 0.15) is 41.3 Å². The van der Waals surface area contributed by atoms with Gasteiger partial charge in [0.15, 0.2) is 0 Å². The van der Waals surface area contributed by atoms with Crippen molar-refractivity contribution in [2.75, 3.05) is 6.54 Å². The maximum atomic E-state index is 5.77. The highest BCUT2D eigenvalue weighted by Gasteiger charge is 2.19. The highest BCUT2D eigenvalue weighted by molar-refractivity contribution is 7.10. The van der Waals surface area contributed by atoms with Gasteiger partial charge in [-0.2, -0.15) is 0 Å². The molecule has 92 valence electrons. The van der Waals surface area contributed by atoms with Crippen LogP contribution in [0, 0.1) is 13.8 Å². The van der Waals surface area contributed by atoms with Crippen molar-refractivity contribution < 1.29 is 4.42 Å². The Morgan fingerprint density at radius 2 is 2.12 bits per heavy atom. The molecule has 1 unspecified atom stereocenters. The van der Waals surface area contributed by atoms with Crippen LogP contribution in [0.5, 0.6) is 0 Å². The lowest BCUT2D eigenvalue weighted by atomic mass is 10.1. The topological polar surface area (TPSA) is 25.2 Å². The van der Waals surface area contributed by atoms with Gasteiger partial charge in [-0.25, -0.2) is 0 Å². The summed E-state index contributed by atoms with van der Waals surface area (Å²) < 4.78 is 5.77. The molecule has 0 aliphatic rings. The summed E-state index contributed by atoms with van der Waals surface area (Å²) in [7, 11) is 0. The van der Waals surface area contributed by atoms with Gasteiger partial charge in [-0.3, -0.25) is 0 Å². The Kier molecular flexibility index (Phi) is 4.02. The van der Waals surface area contributed by atoms with Crippen LogP contribution >= 0.6 is 11.3 Å². The number of rotatable bonds is 5. The van der Waals surface area contributed by atoms with E-state index < -0.39 is 0 Å². The summed E-state index contributed by atoms with van der Waals surface area (Å²) >= 11 is 1.79. The summed E-state index contributed by atoms with van der Waals surface area (Å²) in [4.78, 5) is 1.35. The summed E-state index contributed by atoms with van der Waals surface area (Å²) in [6, 6.07) is 6.46. The van der Waals surface area contributed by atoms with Crippen molar-refractivity contribution in [1.82, 2.24) is 5.32 Å². The average molecular weight is 249 g/mol. The molecule has 2 rings (SSSR count). The second-order valence-electron chi connectivity index (χ2n) is 4.30. The molecule has 0 aliphatic heterocycles. The van der Waals surface area contributed by atoms with Crippen molar-refractivity contribution in [3.05, 3.63) is 45.5 Å². The van der Waals surface area contributed by atoms with E-state index in [9.17, 15) is 0 Å².